The summed E-state index contributed by atoms with van der Waals surface area (Å²) in [7, 11) is 0. The van der Waals surface area contributed by atoms with E-state index in [-0.39, 0.29) is 25.0 Å². The second kappa shape index (κ2) is 9.67. The summed E-state index contributed by atoms with van der Waals surface area (Å²) in [5, 5.41) is 0. The van der Waals surface area contributed by atoms with Crippen LogP contribution < -0.4 is 4.74 Å². The normalized spacial score (nSPS) is 27.7. The number of halogens is 4. The van der Waals surface area contributed by atoms with Crippen LogP contribution in [0, 0.1) is 23.6 Å². The van der Waals surface area contributed by atoms with Gasteiger partial charge in [0.1, 0.15) is 5.56 Å². The molecule has 2 unspecified atom stereocenters. The molecule has 1 aromatic carbocycles. The van der Waals surface area contributed by atoms with Gasteiger partial charge in [0.05, 0.1) is 19.3 Å². The molecule has 1 aliphatic heterocycles. The van der Waals surface area contributed by atoms with Crippen LogP contribution in [-0.2, 0) is 10.9 Å². The Morgan fingerprint density at radius 2 is 1.83 bits per heavy atom. The monoisotopic (exact) mass is 430 g/mol. The molecule has 7 heteroatoms. The van der Waals surface area contributed by atoms with Gasteiger partial charge in [-0.25, -0.2) is 4.39 Å². The zero-order chi connectivity index (χ0) is 21.9. The van der Waals surface area contributed by atoms with Crippen LogP contribution in [0.15, 0.2) is 12.1 Å². The van der Waals surface area contributed by atoms with Crippen molar-refractivity contribution in [3.63, 3.8) is 0 Å². The molecule has 3 rings (SSSR count). The quantitative estimate of drug-likeness (QED) is 0.385. The minimum absolute atomic E-state index is 0.0298. The highest BCUT2D eigenvalue weighted by Crippen LogP contribution is 2.40. The number of hydrogen-bond donors (Lipinski definition) is 0. The third kappa shape index (κ3) is 5.34. The lowest BCUT2D eigenvalue weighted by atomic mass is 9.77. The molecule has 168 valence electrons. The molecule has 0 amide bonds. The number of ketones is 1. The molecule has 2 atom stereocenters. The van der Waals surface area contributed by atoms with Crippen molar-refractivity contribution in [1.29, 1.82) is 0 Å². The minimum atomic E-state index is -4.98. The SMILES string of the molecule is CCOc1ccc(C(=O)CC2CCC(C3CCC(C)CC3)OC2)c(C(F)(F)F)c1F. The van der Waals surface area contributed by atoms with Crippen LogP contribution >= 0.6 is 0 Å². The predicted octanol–water partition coefficient (Wildman–Crippen LogP) is 6.44. The summed E-state index contributed by atoms with van der Waals surface area (Å²) in [5.74, 6) is -1.58. The summed E-state index contributed by atoms with van der Waals surface area (Å²) >= 11 is 0. The molecule has 0 N–H and O–H groups in total. The summed E-state index contributed by atoms with van der Waals surface area (Å²) in [6, 6.07) is 2.12. The van der Waals surface area contributed by atoms with Gasteiger partial charge in [0, 0.05) is 12.0 Å². The summed E-state index contributed by atoms with van der Waals surface area (Å²) in [4.78, 5) is 12.7. The number of rotatable bonds is 6. The molecule has 0 aromatic heterocycles. The zero-order valence-corrected chi connectivity index (χ0v) is 17.6. The first-order valence-electron chi connectivity index (χ1n) is 10.9. The van der Waals surface area contributed by atoms with E-state index in [0.29, 0.717) is 12.5 Å². The van der Waals surface area contributed by atoms with Crippen molar-refractivity contribution in [2.45, 2.75) is 71.1 Å². The van der Waals surface area contributed by atoms with Crippen molar-refractivity contribution in [2.24, 2.45) is 17.8 Å². The van der Waals surface area contributed by atoms with Crippen molar-refractivity contribution < 1.29 is 31.8 Å². The fourth-order valence-electron chi connectivity index (χ4n) is 4.72. The van der Waals surface area contributed by atoms with E-state index in [0.717, 1.165) is 43.7 Å². The van der Waals surface area contributed by atoms with E-state index in [1.54, 1.807) is 6.92 Å². The standard InChI is InChI=1S/C23H30F4O3/c1-3-29-20-11-9-17(21(22(20)24)23(25,26)27)18(28)12-15-6-10-19(30-13-15)16-7-4-14(2)5-8-16/h9,11,14-16,19H,3-8,10,12-13H2,1-2H3. The first-order chi connectivity index (χ1) is 14.2. The summed E-state index contributed by atoms with van der Waals surface area (Å²) < 4.78 is 65.8. The Bertz CT molecular complexity index is 731. The van der Waals surface area contributed by atoms with Gasteiger partial charge in [0.2, 0.25) is 0 Å². The lowest BCUT2D eigenvalue weighted by Crippen LogP contribution is -2.34. The number of carbonyl (C=O) groups is 1. The molecule has 0 bridgehead atoms. The maximum absolute atomic E-state index is 14.4. The molecular weight excluding hydrogens is 400 g/mol. The average molecular weight is 430 g/mol. The zero-order valence-electron chi connectivity index (χ0n) is 17.6. The highest BCUT2D eigenvalue weighted by Gasteiger charge is 2.40. The Balaban J connectivity index is 1.64. The molecule has 2 fully saturated rings. The number of benzene rings is 1. The Morgan fingerprint density at radius 1 is 1.13 bits per heavy atom. The maximum Gasteiger partial charge on any atom is 0.420 e. The van der Waals surface area contributed by atoms with Crippen LogP contribution in [0.3, 0.4) is 0 Å². The van der Waals surface area contributed by atoms with Crippen LogP contribution in [0.5, 0.6) is 5.75 Å². The first kappa shape index (κ1) is 23.0. The lowest BCUT2D eigenvalue weighted by Gasteiger charge is -2.37. The van der Waals surface area contributed by atoms with Gasteiger partial charge in [-0.2, -0.15) is 13.2 Å². The van der Waals surface area contributed by atoms with Gasteiger partial charge in [-0.05, 0) is 62.5 Å². The van der Waals surface area contributed by atoms with Crippen LogP contribution in [0.2, 0.25) is 0 Å². The summed E-state index contributed by atoms with van der Waals surface area (Å²) in [5.41, 5.74) is -2.17. The molecule has 2 aliphatic rings. The van der Waals surface area contributed by atoms with Crippen molar-refractivity contribution in [3.05, 3.63) is 29.1 Å². The lowest BCUT2D eigenvalue weighted by molar-refractivity contribution is -0.140. The smallest absolute Gasteiger partial charge is 0.420 e. The van der Waals surface area contributed by atoms with Gasteiger partial charge < -0.3 is 9.47 Å². The number of alkyl halides is 3. The van der Waals surface area contributed by atoms with E-state index in [1.165, 1.54) is 12.8 Å². The van der Waals surface area contributed by atoms with E-state index >= 15 is 0 Å². The molecular formula is C23H30F4O3. The Hall–Kier alpha value is -1.63. The third-order valence-corrected chi connectivity index (χ3v) is 6.46. The Morgan fingerprint density at radius 3 is 2.40 bits per heavy atom. The fourth-order valence-corrected chi connectivity index (χ4v) is 4.72. The van der Waals surface area contributed by atoms with E-state index in [1.807, 2.05) is 0 Å². The molecule has 1 saturated carbocycles. The van der Waals surface area contributed by atoms with Gasteiger partial charge in [-0.15, -0.1) is 0 Å². The van der Waals surface area contributed by atoms with Crippen LogP contribution in [-0.4, -0.2) is 25.1 Å². The van der Waals surface area contributed by atoms with Crippen molar-refractivity contribution in [1.82, 2.24) is 0 Å². The third-order valence-electron chi connectivity index (χ3n) is 6.46. The second-order valence-corrected chi connectivity index (χ2v) is 8.69. The highest BCUT2D eigenvalue weighted by atomic mass is 19.4. The van der Waals surface area contributed by atoms with Crippen molar-refractivity contribution in [3.8, 4) is 5.75 Å². The molecule has 3 nitrogen and oxygen atoms in total. The summed E-state index contributed by atoms with van der Waals surface area (Å²) in [6.45, 7) is 4.21. The fraction of sp³-hybridized carbons (Fsp3) is 0.696. The van der Waals surface area contributed by atoms with Gasteiger partial charge in [0.15, 0.2) is 17.3 Å². The topological polar surface area (TPSA) is 35.5 Å². The van der Waals surface area contributed by atoms with Gasteiger partial charge in [-0.3, -0.25) is 4.79 Å². The number of Topliss-reactive ketones (excluding diaryl/α,β-unsaturated/α-hetero) is 1. The summed E-state index contributed by atoms with van der Waals surface area (Å²) in [6.07, 6.45) is 1.39. The molecule has 30 heavy (non-hydrogen) atoms. The van der Waals surface area contributed by atoms with E-state index in [9.17, 15) is 22.4 Å². The largest absolute Gasteiger partial charge is 0.491 e. The van der Waals surface area contributed by atoms with E-state index < -0.39 is 34.7 Å². The molecule has 1 heterocycles. The van der Waals surface area contributed by atoms with Crippen LogP contribution in [0.4, 0.5) is 17.6 Å². The van der Waals surface area contributed by atoms with Gasteiger partial charge in [0.25, 0.3) is 0 Å². The Labute approximate surface area is 175 Å². The van der Waals surface area contributed by atoms with Crippen LogP contribution in [0.25, 0.3) is 0 Å². The van der Waals surface area contributed by atoms with Crippen LogP contribution in [0.1, 0.15) is 74.7 Å². The number of ether oxygens (including phenoxy) is 2. The molecule has 1 aromatic rings. The molecule has 1 saturated heterocycles. The van der Waals surface area contributed by atoms with E-state index in [4.69, 9.17) is 9.47 Å². The van der Waals surface area contributed by atoms with Crippen molar-refractivity contribution in [2.75, 3.05) is 13.2 Å². The number of carbonyl (C=O) groups excluding carboxylic acids is 1. The highest BCUT2D eigenvalue weighted by molar-refractivity contribution is 5.98. The van der Waals surface area contributed by atoms with Crippen molar-refractivity contribution >= 4 is 5.78 Å². The number of hydrogen-bond acceptors (Lipinski definition) is 3. The average Bonchev–Trinajstić information content (AvgIpc) is 2.69. The Kier molecular flexibility index (Phi) is 7.43. The first-order valence-corrected chi connectivity index (χ1v) is 10.9. The molecule has 1 aliphatic carbocycles. The minimum Gasteiger partial charge on any atom is -0.491 e. The predicted molar refractivity (Wildman–Crippen MR) is 105 cm³/mol. The van der Waals surface area contributed by atoms with E-state index in [2.05, 4.69) is 6.92 Å². The molecule has 0 spiro atoms. The second-order valence-electron chi connectivity index (χ2n) is 8.69. The van der Waals surface area contributed by atoms with Gasteiger partial charge >= 0.3 is 6.18 Å². The molecule has 0 radical (unpaired) electrons. The maximum atomic E-state index is 14.4. The van der Waals surface area contributed by atoms with Gasteiger partial charge in [-0.1, -0.05) is 19.8 Å².